The molecule has 29 nitrogen and oxygen atoms in total. The Hall–Kier alpha value is -13.9. The molecule has 0 spiro atoms. The van der Waals surface area contributed by atoms with Crippen LogP contribution in [0.4, 0.5) is 92.2 Å². The first kappa shape index (κ1) is 107. The molecule has 7 fully saturated rings. The van der Waals surface area contributed by atoms with Crippen LogP contribution in [0.15, 0.2) is 233 Å². The molecule has 7 aromatic carbocycles. The molecule has 9 heterocycles. The van der Waals surface area contributed by atoms with Gasteiger partial charge < -0.3 is 21.3 Å². The molecule has 0 bridgehead atoms. The first-order valence-corrected chi connectivity index (χ1v) is 49.9. The van der Waals surface area contributed by atoms with E-state index in [0.29, 0.717) is 53.1 Å². The summed E-state index contributed by atoms with van der Waals surface area (Å²) in [6.45, 7) is -1.36. The number of pyridine rings is 1. The number of sulfonamides is 4. The predicted octanol–water partition coefficient (Wildman–Crippen LogP) is 14.8. The van der Waals surface area contributed by atoms with Crippen molar-refractivity contribution in [1.29, 1.82) is 0 Å². The number of nitrogens with one attached hydrogen (secondary N) is 4. The third-order valence-corrected chi connectivity index (χ3v) is 33.1. The van der Waals surface area contributed by atoms with Crippen LogP contribution in [0.5, 0.6) is 0 Å². The van der Waals surface area contributed by atoms with Gasteiger partial charge in [0.1, 0.15) is 75.9 Å². The zero-order valence-corrected chi connectivity index (χ0v) is 78.7. The third-order valence-electron chi connectivity index (χ3n) is 25.4. The van der Waals surface area contributed by atoms with E-state index in [4.69, 9.17) is 0 Å². The molecule has 4 amide bonds. The highest BCUT2D eigenvalue weighted by Gasteiger charge is 2.71. The Morgan fingerprint density at radius 3 is 1.10 bits per heavy atom. The van der Waals surface area contributed by atoms with E-state index in [-0.39, 0.29) is 133 Å². The zero-order chi connectivity index (χ0) is 107. The van der Waals surface area contributed by atoms with Crippen LogP contribution < -0.4 is 21.3 Å². The fraction of sp³-hybridized carbons (Fsp3) is 0.287. The van der Waals surface area contributed by atoms with E-state index in [1.165, 1.54) is 30.3 Å². The van der Waals surface area contributed by atoms with Crippen molar-refractivity contribution in [3.8, 4) is 44.6 Å². The number of hydrogen-bond acceptors (Lipinski definition) is 21. The lowest BCUT2D eigenvalue weighted by Crippen LogP contribution is -2.50. The van der Waals surface area contributed by atoms with Crippen LogP contribution in [-0.2, 0) is 110 Å². The molecule has 4 N–H and O–H groups in total. The van der Waals surface area contributed by atoms with Crippen LogP contribution in [0, 0.1) is 70.2 Å². The average molecular weight is 2160 g/mol. The summed E-state index contributed by atoms with van der Waals surface area (Å²) in [5.41, 5.74) is -0.771. The second-order valence-corrected chi connectivity index (χ2v) is 42.4. The Kier molecular flexibility index (Phi) is 29.8. The quantitative estimate of drug-likeness (QED) is 0.0408. The van der Waals surface area contributed by atoms with Gasteiger partial charge in [-0.1, -0.05) is 12.1 Å². The molecule has 3 aliphatic carbocycles. The summed E-state index contributed by atoms with van der Waals surface area (Å²) in [5.74, 6) is -13.7. The highest BCUT2D eigenvalue weighted by molar-refractivity contribution is 7.90. The van der Waals surface area contributed by atoms with Gasteiger partial charge in [0.2, 0.25) is 87.0 Å². The van der Waals surface area contributed by atoms with Gasteiger partial charge in [0, 0.05) is 147 Å². The van der Waals surface area contributed by atoms with E-state index in [1.54, 1.807) is 0 Å². The Balaban J connectivity index is 0.000000141. The lowest BCUT2D eigenvalue weighted by molar-refractivity contribution is -0.145. The summed E-state index contributed by atoms with van der Waals surface area (Å²) in [5, 5.41) is 10.2. The number of nitrogens with zero attached hydrogens (tertiary/aromatic N) is 13. The number of alkyl halides is 13. The van der Waals surface area contributed by atoms with Gasteiger partial charge in [-0.3, -0.25) is 24.2 Å². The number of halogens is 21. The van der Waals surface area contributed by atoms with E-state index in [9.17, 15) is 145 Å². The van der Waals surface area contributed by atoms with Crippen LogP contribution in [0.25, 0.3) is 44.6 Å². The van der Waals surface area contributed by atoms with Crippen molar-refractivity contribution in [2.45, 2.75) is 138 Å². The summed E-state index contributed by atoms with van der Waals surface area (Å²) in [4.78, 5) is 81.5. The number of fused-ring (bicyclic) bond motifs is 3. The Labute approximate surface area is 826 Å². The lowest BCUT2D eigenvalue weighted by Gasteiger charge is -2.27. The maximum absolute atomic E-state index is 14.5. The van der Waals surface area contributed by atoms with Crippen LogP contribution in [-0.4, -0.2) is 175 Å². The molecule has 5 aromatic heterocycles. The predicted molar refractivity (Wildman–Crippen MR) is 476 cm³/mol. The summed E-state index contributed by atoms with van der Waals surface area (Å²) in [6.07, 6.45) is -10.4. The fourth-order valence-electron chi connectivity index (χ4n) is 17.7. The van der Waals surface area contributed by atoms with Crippen molar-refractivity contribution in [1.82, 2.24) is 83.3 Å². The second kappa shape index (κ2) is 41.3. The molecule has 778 valence electrons. The maximum atomic E-state index is 14.5. The fourth-order valence-corrected chi connectivity index (χ4v) is 24.7. The number of benzene rings is 7. The van der Waals surface area contributed by atoms with Gasteiger partial charge in [-0.25, -0.2) is 113 Å². The van der Waals surface area contributed by atoms with Gasteiger partial charge in [-0.05, 0) is 224 Å². The lowest BCUT2D eigenvalue weighted by atomic mass is 10.0. The smallest absolute Gasteiger partial charge is 0.351 e. The summed E-state index contributed by atoms with van der Waals surface area (Å²) in [6, 6.07) is 26.8. The first-order chi connectivity index (χ1) is 69.6. The molecule has 4 aliphatic heterocycles. The molecule has 7 aliphatic rings. The minimum atomic E-state index is -4.75. The Morgan fingerprint density at radius 1 is 0.345 bits per heavy atom. The van der Waals surface area contributed by atoms with Crippen molar-refractivity contribution in [3.05, 3.63) is 306 Å². The standard InChI is InChI=1S/3C24H19F5N4O3S.C22H17F6N5O3S/c25-17-2-4-18(5-3-17)37(35,36)33-12-15-8-19(15)21(33)22(34)30-9-14-7-13(1-6-20(14)26)16-10-31-23(32-11-16)24(27,28)29;25-18-2-4-19(5-3-18)37(35,36)33-8-7-17-10-23(17,33)22(34)32-11-15-9-14(1-6-20(15)26)16-12-30-21(31-13-16)24(27,28)29;25-18-1-3-20(4-2-18)37(35,36)33-6-5-17-10-23(17,33)22(34)32-11-14-7-15(9-19(26)8-14)16-12-30-21(31-13-16)24(27,28)29;23-14-1-3-16(4-2-14)37(35,36)33-11-15(24)6-19(33)20(34)30-7-12-5-18(29-10-17(12)25)13-8-31-21(32-9-13)22(26,27)28/h1-7,10-11,15,19,21H,8-9,12H2,(H,30,34);1-6,9,12-13,17H,7-8,10-11H2,(H,32,34);1-4,7-9,12-13,17H,5-6,10-11H2,(H,32,34);1-5,8-10,15,19H,6-7,11H2,(H,30,34)/t15-,19-,21-;2*17-,23+;15-,19+/m0111/s1. The van der Waals surface area contributed by atoms with Gasteiger partial charge in [0.25, 0.3) is 0 Å². The summed E-state index contributed by atoms with van der Waals surface area (Å²) >= 11 is 0. The number of hydrogen-bond donors (Lipinski definition) is 4. The molecule has 3 saturated carbocycles. The molecule has 4 saturated heterocycles. The molecular weight excluding hydrogens is 2090 g/mol. The van der Waals surface area contributed by atoms with Gasteiger partial charge in [-0.15, -0.1) is 0 Å². The van der Waals surface area contributed by atoms with Crippen molar-refractivity contribution >= 4 is 63.7 Å². The van der Waals surface area contributed by atoms with Crippen LogP contribution in [0.1, 0.15) is 84.1 Å². The monoisotopic (exact) mass is 2160 g/mol. The Morgan fingerprint density at radius 2 is 0.703 bits per heavy atom. The molecular formula is C94H74F21N17O12S4. The van der Waals surface area contributed by atoms with Crippen molar-refractivity contribution in [2.24, 2.45) is 23.7 Å². The van der Waals surface area contributed by atoms with Crippen molar-refractivity contribution in [2.75, 3.05) is 26.2 Å². The Bertz CT molecular complexity index is 7470. The first-order valence-electron chi connectivity index (χ1n) is 44.1. The highest BCUT2D eigenvalue weighted by Crippen LogP contribution is 2.59. The molecule has 54 heteroatoms. The highest BCUT2D eigenvalue weighted by atomic mass is 32.2. The van der Waals surface area contributed by atoms with E-state index >= 15 is 0 Å². The van der Waals surface area contributed by atoms with Gasteiger partial charge in [0.05, 0.1) is 31.5 Å². The maximum Gasteiger partial charge on any atom is 0.451 e. The summed E-state index contributed by atoms with van der Waals surface area (Å²) < 4.78 is 386. The van der Waals surface area contributed by atoms with Gasteiger partial charge >= 0.3 is 24.7 Å². The van der Waals surface area contributed by atoms with Crippen molar-refractivity contribution < 1.29 is 145 Å². The molecule has 9 atom stereocenters. The number of rotatable bonds is 24. The normalized spacial score (nSPS) is 20.8. The minimum absolute atomic E-state index is 0.0181. The van der Waals surface area contributed by atoms with E-state index in [1.807, 2.05) is 0 Å². The minimum Gasteiger partial charge on any atom is -0.351 e. The van der Waals surface area contributed by atoms with E-state index < -0.39 is 207 Å². The third kappa shape index (κ3) is 22.9. The zero-order valence-electron chi connectivity index (χ0n) is 75.4. The number of amides is 4. The van der Waals surface area contributed by atoms with Gasteiger partial charge in [-0.2, -0.15) is 69.9 Å². The number of carbonyl (C=O) groups is 4. The van der Waals surface area contributed by atoms with E-state index in [0.717, 1.165) is 196 Å². The molecule has 19 rings (SSSR count). The number of piperidine rings is 3. The SMILES string of the molecule is O=C(NCc1cc(-c2cnc(C(F)(F)F)nc2)ccc1F)[C@@H]1[C@H]2C[C@H]2CN1S(=O)(=O)c1ccc(F)cc1.O=C(NCc1cc(-c2cnc(C(F)(F)F)nc2)ccc1F)[C@]12C[C@H]1CCN2S(=O)(=O)c1ccc(F)cc1.O=C(NCc1cc(-c2cnc(C(F)(F)F)nc2)ncc1F)[C@@H]1C[C@@H](F)CN1S(=O)(=O)c1ccc(F)cc1.O=C(NCc1cc(F)cc(-c2cnc(C(F)(F)F)nc2)c1)[C@]12C[C@H]1CCN2S(=O)(=O)c1ccc(F)cc1. The van der Waals surface area contributed by atoms with Crippen LogP contribution in [0.3, 0.4) is 0 Å². The number of aromatic nitrogens is 9. The summed E-state index contributed by atoms with van der Waals surface area (Å²) in [7, 11) is -16.5. The molecule has 0 unspecified atom stereocenters. The van der Waals surface area contributed by atoms with Crippen LogP contribution >= 0.6 is 0 Å². The van der Waals surface area contributed by atoms with E-state index in [2.05, 4.69) is 66.1 Å². The number of carbonyl (C=O) groups excluding carboxylic acids is 4. The van der Waals surface area contributed by atoms with Crippen LogP contribution in [0.2, 0.25) is 0 Å². The largest absolute Gasteiger partial charge is 0.451 e. The molecule has 12 aromatic rings. The molecule has 148 heavy (non-hydrogen) atoms. The average Bonchev–Trinajstić information content (AvgIpc) is 1.52. The topological polar surface area (TPSA) is 382 Å². The molecule has 0 radical (unpaired) electrons. The van der Waals surface area contributed by atoms with Gasteiger partial charge in [0.15, 0.2) is 0 Å². The second-order valence-electron chi connectivity index (χ2n) is 34.9. The van der Waals surface area contributed by atoms with Crippen molar-refractivity contribution in [3.63, 3.8) is 0 Å².